The van der Waals surface area contributed by atoms with E-state index >= 15 is 0 Å². The Bertz CT molecular complexity index is 1260. The summed E-state index contributed by atoms with van der Waals surface area (Å²) in [6.45, 7) is -1.22. The topological polar surface area (TPSA) is 131 Å². The summed E-state index contributed by atoms with van der Waals surface area (Å²) in [4.78, 5) is 24.1. The van der Waals surface area contributed by atoms with Gasteiger partial charge in [0.05, 0.1) is 23.5 Å². The van der Waals surface area contributed by atoms with Crippen molar-refractivity contribution in [3.8, 4) is 0 Å². The number of fused-ring (bicyclic) bond motifs is 1. The van der Waals surface area contributed by atoms with Gasteiger partial charge in [0.1, 0.15) is 17.4 Å². The highest BCUT2D eigenvalue weighted by Crippen LogP contribution is 2.38. The Balaban J connectivity index is 1.77. The molecule has 36 heavy (non-hydrogen) atoms. The number of carbonyl (C=O) groups excluding carboxylic acids is 1. The van der Waals surface area contributed by atoms with Crippen LogP contribution in [0.4, 0.5) is 35.1 Å². The average Bonchev–Trinajstić information content (AvgIpc) is 3.16. The van der Waals surface area contributed by atoms with Crippen molar-refractivity contribution in [3.63, 3.8) is 0 Å². The minimum absolute atomic E-state index is 0.0135. The van der Waals surface area contributed by atoms with Gasteiger partial charge in [-0.15, -0.1) is 0 Å². The molecule has 0 aliphatic heterocycles. The Morgan fingerprint density at radius 1 is 1.22 bits per heavy atom. The van der Waals surface area contributed by atoms with Gasteiger partial charge in [0, 0.05) is 17.0 Å². The number of aliphatic hydroxyl groups is 1. The first kappa shape index (κ1) is 26.2. The summed E-state index contributed by atoms with van der Waals surface area (Å²) in [5.41, 5.74) is 5.72. The third-order valence-electron chi connectivity index (χ3n) is 6.02. The molecule has 1 amide bonds. The molecule has 2 aromatic heterocycles. The molecule has 1 saturated carbocycles. The van der Waals surface area contributed by atoms with Crippen LogP contribution in [-0.2, 0) is 4.79 Å². The summed E-state index contributed by atoms with van der Waals surface area (Å²) in [6.07, 6.45) is -1.60. The Morgan fingerprint density at radius 2 is 1.92 bits per heavy atom. The number of primary amides is 1. The second kappa shape index (κ2) is 10.2. The van der Waals surface area contributed by atoms with Gasteiger partial charge in [-0.25, -0.2) is 14.4 Å². The predicted molar refractivity (Wildman–Crippen MR) is 126 cm³/mol. The maximum Gasteiger partial charge on any atom is 0.410 e. The van der Waals surface area contributed by atoms with E-state index in [1.165, 1.54) is 12.3 Å². The molecule has 9 nitrogen and oxygen atoms in total. The second-order valence-electron chi connectivity index (χ2n) is 8.41. The monoisotopic (exact) mass is 549 g/mol. The van der Waals surface area contributed by atoms with Crippen molar-refractivity contribution < 1.29 is 27.5 Å². The maximum absolute atomic E-state index is 14.6. The smallest absolute Gasteiger partial charge is 0.394 e. The highest BCUT2D eigenvalue weighted by atomic mass is 35.5. The fourth-order valence-corrected chi connectivity index (χ4v) is 4.69. The summed E-state index contributed by atoms with van der Waals surface area (Å²) in [5.74, 6) is -1.72. The Labute approximate surface area is 212 Å². The Hall–Kier alpha value is -2.90. The van der Waals surface area contributed by atoms with Gasteiger partial charge in [-0.2, -0.15) is 18.2 Å². The summed E-state index contributed by atoms with van der Waals surface area (Å²) >= 11 is 12.0. The number of anilines is 3. The minimum Gasteiger partial charge on any atom is -0.394 e. The lowest BCUT2D eigenvalue weighted by Gasteiger charge is -2.29. The van der Waals surface area contributed by atoms with Crippen LogP contribution in [0.1, 0.15) is 31.7 Å². The van der Waals surface area contributed by atoms with Gasteiger partial charge >= 0.3 is 6.18 Å². The lowest BCUT2D eigenvalue weighted by Crippen LogP contribution is -2.39. The number of nitrogens with zero attached hydrogens (tertiary/aromatic N) is 4. The van der Waals surface area contributed by atoms with Crippen LogP contribution in [0, 0.1) is 11.7 Å². The van der Waals surface area contributed by atoms with E-state index in [1.807, 2.05) is 0 Å². The van der Waals surface area contributed by atoms with Gasteiger partial charge < -0.3 is 21.5 Å². The van der Waals surface area contributed by atoms with Crippen LogP contribution in [0.3, 0.4) is 0 Å². The SMILES string of the molecule is NC(=O)[C@H]1CC[C@@H](n2c(Nc3c(F)cc(Cl)cc3Cl)nc3cnc(N[C@H](CO)C(F)(F)F)nc32)CC1. The van der Waals surface area contributed by atoms with E-state index in [0.717, 1.165) is 6.07 Å². The molecule has 4 rings (SSSR count). The molecule has 15 heteroatoms. The van der Waals surface area contributed by atoms with Crippen LogP contribution >= 0.6 is 23.2 Å². The summed E-state index contributed by atoms with van der Waals surface area (Å²) < 4.78 is 55.7. The molecule has 3 aromatic rings. The number of hydrogen-bond acceptors (Lipinski definition) is 7. The number of aliphatic hydroxyl groups excluding tert-OH is 1. The van der Waals surface area contributed by atoms with Gasteiger partial charge in [-0.05, 0) is 37.8 Å². The van der Waals surface area contributed by atoms with Crippen LogP contribution in [0.25, 0.3) is 11.2 Å². The van der Waals surface area contributed by atoms with Crippen molar-refractivity contribution in [1.29, 1.82) is 0 Å². The molecule has 1 atom stereocenters. The summed E-state index contributed by atoms with van der Waals surface area (Å²) in [6, 6.07) is -0.166. The highest BCUT2D eigenvalue weighted by molar-refractivity contribution is 6.36. The van der Waals surface area contributed by atoms with E-state index in [1.54, 1.807) is 4.57 Å². The number of alkyl halides is 3. The summed E-state index contributed by atoms with van der Waals surface area (Å²) in [7, 11) is 0. The van der Waals surface area contributed by atoms with Crippen LogP contribution < -0.4 is 16.4 Å². The molecule has 2 heterocycles. The maximum atomic E-state index is 14.6. The molecule has 5 N–H and O–H groups in total. The van der Waals surface area contributed by atoms with Crippen molar-refractivity contribution in [2.75, 3.05) is 17.2 Å². The van der Waals surface area contributed by atoms with E-state index < -0.39 is 30.5 Å². The summed E-state index contributed by atoms with van der Waals surface area (Å²) in [5, 5.41) is 14.1. The van der Waals surface area contributed by atoms with Gasteiger partial charge in [-0.1, -0.05) is 23.2 Å². The van der Waals surface area contributed by atoms with Crippen LogP contribution in [0.2, 0.25) is 10.0 Å². The highest BCUT2D eigenvalue weighted by Gasteiger charge is 2.40. The number of amides is 1. The van der Waals surface area contributed by atoms with Gasteiger partial charge in [0.15, 0.2) is 5.65 Å². The molecule has 0 saturated heterocycles. The molecule has 1 aromatic carbocycles. The predicted octanol–water partition coefficient (Wildman–Crippen LogP) is 4.57. The Morgan fingerprint density at radius 3 is 2.50 bits per heavy atom. The number of nitrogens with two attached hydrogens (primary N) is 1. The largest absolute Gasteiger partial charge is 0.410 e. The van der Waals surface area contributed by atoms with Gasteiger partial charge in [-0.3, -0.25) is 9.36 Å². The molecule has 1 aliphatic rings. The number of halogens is 6. The second-order valence-corrected chi connectivity index (χ2v) is 9.25. The van der Waals surface area contributed by atoms with Crippen molar-refractivity contribution in [1.82, 2.24) is 19.5 Å². The number of carbonyl (C=O) groups is 1. The zero-order chi connectivity index (χ0) is 26.2. The average molecular weight is 550 g/mol. The minimum atomic E-state index is -4.74. The van der Waals surface area contributed by atoms with Crippen molar-refractivity contribution in [2.24, 2.45) is 11.7 Å². The third kappa shape index (κ3) is 5.42. The molecule has 0 spiro atoms. The van der Waals surface area contributed by atoms with Crippen molar-refractivity contribution in [3.05, 3.63) is 34.2 Å². The zero-order valence-corrected chi connectivity index (χ0v) is 20.0. The lowest BCUT2D eigenvalue weighted by molar-refractivity contribution is -0.149. The van der Waals surface area contributed by atoms with Crippen LogP contribution in [0.5, 0.6) is 0 Å². The lowest BCUT2D eigenvalue weighted by atomic mass is 9.85. The Kier molecular flexibility index (Phi) is 7.43. The zero-order valence-electron chi connectivity index (χ0n) is 18.5. The first-order chi connectivity index (χ1) is 17.0. The van der Waals surface area contributed by atoms with Crippen LogP contribution in [-0.4, -0.2) is 49.4 Å². The number of hydrogen-bond donors (Lipinski definition) is 4. The van der Waals surface area contributed by atoms with E-state index in [0.29, 0.717) is 25.7 Å². The molecular formula is C21H21Cl2F4N7O2. The molecule has 0 radical (unpaired) electrons. The number of nitrogens with one attached hydrogen (secondary N) is 2. The standard InChI is InChI=1S/C21H21Cl2F4N7O2/c22-10-5-12(23)16(13(24)6-10)32-20-30-14-7-29-19(31-15(8-35)21(25,26)27)33-18(14)34(20)11-3-1-9(2-4-11)17(28)36/h5-7,9,11,15,35H,1-4,8H2,(H2,28,36)(H,30,32)(H,29,31,33)/t9-,11+,15-/m1/s1. The quantitative estimate of drug-likeness (QED) is 0.317. The first-order valence-corrected chi connectivity index (χ1v) is 11.6. The fourth-order valence-electron chi connectivity index (χ4n) is 4.17. The van der Waals surface area contributed by atoms with Gasteiger partial charge in [0.2, 0.25) is 17.8 Å². The van der Waals surface area contributed by atoms with Crippen LogP contribution in [0.15, 0.2) is 18.3 Å². The van der Waals surface area contributed by atoms with Crippen molar-refractivity contribution >= 4 is 57.9 Å². The molecular weight excluding hydrogens is 529 g/mol. The molecule has 194 valence electrons. The van der Waals surface area contributed by atoms with E-state index in [-0.39, 0.29) is 50.8 Å². The van der Waals surface area contributed by atoms with E-state index in [4.69, 9.17) is 34.0 Å². The molecule has 1 aliphatic carbocycles. The van der Waals surface area contributed by atoms with Crippen molar-refractivity contribution in [2.45, 2.75) is 43.9 Å². The first-order valence-electron chi connectivity index (χ1n) is 10.9. The third-order valence-corrected chi connectivity index (χ3v) is 6.54. The number of imidazole rings is 1. The normalized spacial score (nSPS) is 19.3. The fraction of sp³-hybridized carbons (Fsp3) is 0.429. The molecule has 0 bridgehead atoms. The number of rotatable bonds is 7. The molecule has 1 fully saturated rings. The molecule has 0 unspecified atom stereocenters. The van der Waals surface area contributed by atoms with E-state index in [2.05, 4.69) is 25.6 Å². The number of aromatic nitrogens is 4. The van der Waals surface area contributed by atoms with E-state index in [9.17, 15) is 22.4 Å². The van der Waals surface area contributed by atoms with Gasteiger partial charge in [0.25, 0.3) is 0 Å². The number of benzene rings is 1.